The van der Waals surface area contributed by atoms with Crippen molar-refractivity contribution in [2.75, 3.05) is 19.6 Å². The first kappa shape index (κ1) is 19.0. The Balaban J connectivity index is 1.61. The maximum Gasteiger partial charge on any atom is 0.243 e. The van der Waals surface area contributed by atoms with Crippen molar-refractivity contribution in [3.63, 3.8) is 0 Å². The Bertz CT molecular complexity index is 912. The molecule has 2 aromatic carbocycles. The molecule has 0 radical (unpaired) electrons. The first-order valence-corrected chi connectivity index (χ1v) is 11.1. The van der Waals surface area contributed by atoms with Crippen molar-refractivity contribution in [3.8, 4) is 5.75 Å². The number of amides is 1. The molecular formula is C21H24N2O4S. The molecule has 0 N–H and O–H groups in total. The van der Waals surface area contributed by atoms with E-state index in [0.717, 1.165) is 12.8 Å². The number of benzene rings is 2. The van der Waals surface area contributed by atoms with E-state index in [2.05, 4.69) is 0 Å². The van der Waals surface area contributed by atoms with Crippen LogP contribution >= 0.6 is 0 Å². The summed E-state index contributed by atoms with van der Waals surface area (Å²) >= 11 is 0. The maximum atomic E-state index is 13.3. The quantitative estimate of drug-likeness (QED) is 0.774. The van der Waals surface area contributed by atoms with Crippen LogP contribution < -0.4 is 4.74 Å². The summed E-state index contributed by atoms with van der Waals surface area (Å²) in [5, 5.41) is 0. The van der Waals surface area contributed by atoms with E-state index in [-0.39, 0.29) is 23.5 Å². The van der Waals surface area contributed by atoms with Crippen LogP contribution in [0, 0.1) is 0 Å². The largest absolute Gasteiger partial charge is 0.489 e. The van der Waals surface area contributed by atoms with E-state index in [1.54, 1.807) is 35.2 Å². The minimum atomic E-state index is -3.78. The summed E-state index contributed by atoms with van der Waals surface area (Å²) in [5.74, 6) is 0.565. The van der Waals surface area contributed by atoms with Gasteiger partial charge in [0.15, 0.2) is 0 Å². The molecule has 4 rings (SSSR count). The molecule has 0 aliphatic carbocycles. The molecule has 2 saturated heterocycles. The van der Waals surface area contributed by atoms with Gasteiger partial charge < -0.3 is 9.64 Å². The van der Waals surface area contributed by atoms with Crippen LogP contribution in [0.5, 0.6) is 5.75 Å². The Hall–Kier alpha value is -2.38. The number of hydrogen-bond acceptors (Lipinski definition) is 4. The summed E-state index contributed by atoms with van der Waals surface area (Å²) in [6, 6.07) is 16.9. The van der Waals surface area contributed by atoms with Gasteiger partial charge in [-0.15, -0.1) is 0 Å². The third kappa shape index (κ3) is 3.77. The van der Waals surface area contributed by atoms with Crippen molar-refractivity contribution in [1.29, 1.82) is 0 Å². The molecule has 2 heterocycles. The fraction of sp³-hybridized carbons (Fsp3) is 0.381. The molecule has 28 heavy (non-hydrogen) atoms. The molecule has 2 aliphatic heterocycles. The van der Waals surface area contributed by atoms with E-state index in [4.69, 9.17) is 4.74 Å². The lowest BCUT2D eigenvalue weighted by Crippen LogP contribution is -2.46. The van der Waals surface area contributed by atoms with Gasteiger partial charge in [-0.05, 0) is 37.1 Å². The summed E-state index contributed by atoms with van der Waals surface area (Å²) in [6.07, 6.45) is 1.93. The highest BCUT2D eigenvalue weighted by molar-refractivity contribution is 7.89. The zero-order valence-electron chi connectivity index (χ0n) is 15.6. The van der Waals surface area contributed by atoms with E-state index in [0.29, 0.717) is 25.3 Å². The summed E-state index contributed by atoms with van der Waals surface area (Å²) in [5.41, 5.74) is 0. The fourth-order valence-electron chi connectivity index (χ4n) is 3.91. The average Bonchev–Trinajstić information content (AvgIpc) is 3.39. The van der Waals surface area contributed by atoms with E-state index in [1.165, 1.54) is 4.31 Å². The summed E-state index contributed by atoms with van der Waals surface area (Å²) in [4.78, 5) is 15.1. The smallest absolute Gasteiger partial charge is 0.243 e. The normalized spacial score (nSPS) is 23.1. The number of rotatable bonds is 5. The van der Waals surface area contributed by atoms with Crippen LogP contribution in [0.3, 0.4) is 0 Å². The SMILES string of the molecule is O=C([C@@H]1C[C@H](Oc2ccccc2)CN1S(=O)(=O)c1ccccc1)N1CCCC1. The molecule has 0 unspecified atom stereocenters. The third-order valence-electron chi connectivity index (χ3n) is 5.32. The van der Waals surface area contributed by atoms with Gasteiger partial charge in [-0.25, -0.2) is 8.42 Å². The molecule has 0 saturated carbocycles. The molecule has 0 spiro atoms. The molecule has 7 heteroatoms. The van der Waals surface area contributed by atoms with Gasteiger partial charge in [0.25, 0.3) is 0 Å². The predicted molar refractivity (Wildman–Crippen MR) is 105 cm³/mol. The van der Waals surface area contributed by atoms with Crippen molar-refractivity contribution in [1.82, 2.24) is 9.21 Å². The van der Waals surface area contributed by atoms with E-state index < -0.39 is 16.1 Å². The topological polar surface area (TPSA) is 66.9 Å². The Morgan fingerprint density at radius 1 is 0.929 bits per heavy atom. The minimum Gasteiger partial charge on any atom is -0.489 e. The number of sulfonamides is 1. The minimum absolute atomic E-state index is 0.115. The van der Waals surface area contributed by atoms with Crippen LogP contribution in [-0.4, -0.2) is 55.3 Å². The van der Waals surface area contributed by atoms with Crippen LogP contribution in [0.4, 0.5) is 0 Å². The maximum absolute atomic E-state index is 13.3. The number of ether oxygens (including phenoxy) is 1. The lowest BCUT2D eigenvalue weighted by atomic mass is 10.2. The van der Waals surface area contributed by atoms with E-state index >= 15 is 0 Å². The van der Waals surface area contributed by atoms with Crippen LogP contribution in [-0.2, 0) is 14.8 Å². The van der Waals surface area contributed by atoms with E-state index in [9.17, 15) is 13.2 Å². The molecule has 1 amide bonds. The summed E-state index contributed by atoms with van der Waals surface area (Å²) < 4.78 is 33.9. The van der Waals surface area contributed by atoms with Crippen LogP contribution in [0.25, 0.3) is 0 Å². The molecule has 0 bridgehead atoms. The van der Waals surface area contributed by atoms with Crippen molar-refractivity contribution in [2.45, 2.75) is 36.3 Å². The van der Waals surface area contributed by atoms with Crippen LogP contribution in [0.15, 0.2) is 65.6 Å². The Kier molecular flexibility index (Phi) is 5.37. The highest BCUT2D eigenvalue weighted by Crippen LogP contribution is 2.30. The molecule has 2 aliphatic rings. The summed E-state index contributed by atoms with van der Waals surface area (Å²) in [7, 11) is -3.78. The van der Waals surface area contributed by atoms with Crippen LogP contribution in [0.1, 0.15) is 19.3 Å². The predicted octanol–water partition coefficient (Wildman–Crippen LogP) is 2.52. The number of para-hydroxylation sites is 1. The Morgan fingerprint density at radius 3 is 2.18 bits per heavy atom. The molecule has 2 atom stereocenters. The Morgan fingerprint density at radius 2 is 1.54 bits per heavy atom. The zero-order chi connectivity index (χ0) is 19.6. The standard InChI is InChI=1S/C21H24N2O4S/c24-21(22-13-7-8-14-22)20-15-18(27-17-9-3-1-4-10-17)16-23(20)28(25,26)19-11-5-2-6-12-19/h1-6,9-12,18,20H,7-8,13-16H2/t18-,20-/m0/s1. The van der Waals surface area contributed by atoms with Crippen molar-refractivity contribution < 1.29 is 17.9 Å². The highest BCUT2D eigenvalue weighted by atomic mass is 32.2. The Labute approximate surface area is 165 Å². The van der Waals surface area contributed by atoms with Gasteiger partial charge in [-0.3, -0.25) is 4.79 Å². The number of hydrogen-bond donors (Lipinski definition) is 0. The number of carbonyl (C=O) groups is 1. The lowest BCUT2D eigenvalue weighted by Gasteiger charge is -2.26. The van der Waals surface area contributed by atoms with Gasteiger partial charge in [-0.1, -0.05) is 36.4 Å². The average molecular weight is 401 g/mol. The van der Waals surface area contributed by atoms with E-state index in [1.807, 2.05) is 30.3 Å². The molecule has 2 aromatic rings. The van der Waals surface area contributed by atoms with Gasteiger partial charge >= 0.3 is 0 Å². The molecular weight excluding hydrogens is 376 g/mol. The lowest BCUT2D eigenvalue weighted by molar-refractivity contribution is -0.133. The van der Waals surface area contributed by atoms with Gasteiger partial charge in [0.05, 0.1) is 11.4 Å². The van der Waals surface area contributed by atoms with Gasteiger partial charge in [0, 0.05) is 19.5 Å². The van der Waals surface area contributed by atoms with Gasteiger partial charge in [-0.2, -0.15) is 4.31 Å². The monoisotopic (exact) mass is 400 g/mol. The molecule has 148 valence electrons. The third-order valence-corrected chi connectivity index (χ3v) is 7.20. The fourth-order valence-corrected chi connectivity index (χ4v) is 5.56. The summed E-state index contributed by atoms with van der Waals surface area (Å²) in [6.45, 7) is 1.55. The second-order valence-corrected chi connectivity index (χ2v) is 9.12. The second-order valence-electron chi connectivity index (χ2n) is 7.22. The number of nitrogens with zero attached hydrogens (tertiary/aromatic N) is 2. The molecule has 0 aromatic heterocycles. The number of likely N-dealkylation sites (tertiary alicyclic amines) is 1. The highest BCUT2D eigenvalue weighted by Gasteiger charge is 2.46. The second kappa shape index (κ2) is 7.93. The molecule has 6 nitrogen and oxygen atoms in total. The molecule has 2 fully saturated rings. The van der Waals surface area contributed by atoms with Crippen molar-refractivity contribution >= 4 is 15.9 Å². The van der Waals surface area contributed by atoms with Gasteiger partial charge in [0.2, 0.25) is 15.9 Å². The first-order valence-electron chi connectivity index (χ1n) is 9.63. The van der Waals surface area contributed by atoms with Crippen molar-refractivity contribution in [3.05, 3.63) is 60.7 Å². The van der Waals surface area contributed by atoms with Crippen molar-refractivity contribution in [2.24, 2.45) is 0 Å². The van der Waals surface area contributed by atoms with Crippen LogP contribution in [0.2, 0.25) is 0 Å². The van der Waals surface area contributed by atoms with Gasteiger partial charge in [0.1, 0.15) is 17.9 Å². The zero-order valence-corrected chi connectivity index (χ0v) is 16.4. The first-order chi connectivity index (χ1) is 13.6. The number of carbonyl (C=O) groups excluding carboxylic acids is 1.